The van der Waals surface area contributed by atoms with Crippen LogP contribution in [0.2, 0.25) is 0 Å². The van der Waals surface area contributed by atoms with E-state index in [-0.39, 0.29) is 11.9 Å². The van der Waals surface area contributed by atoms with E-state index in [1.807, 2.05) is 38.1 Å². The minimum absolute atomic E-state index is 0.121. The van der Waals surface area contributed by atoms with E-state index < -0.39 is 0 Å². The summed E-state index contributed by atoms with van der Waals surface area (Å²) in [7, 11) is 4.02. The minimum atomic E-state index is 0.121. The summed E-state index contributed by atoms with van der Waals surface area (Å²) in [5, 5.41) is 0. The molecular formula is C16H27N3O2. The maximum absolute atomic E-state index is 12.3. The second-order valence-electron chi connectivity index (χ2n) is 5.46. The van der Waals surface area contributed by atoms with E-state index in [0.29, 0.717) is 31.0 Å². The van der Waals surface area contributed by atoms with Gasteiger partial charge in [0.15, 0.2) is 0 Å². The first-order chi connectivity index (χ1) is 9.93. The Hall–Kier alpha value is -1.75. The lowest BCUT2D eigenvalue weighted by atomic mass is 10.2. The van der Waals surface area contributed by atoms with Crippen LogP contribution in [0.4, 0.5) is 5.69 Å². The highest BCUT2D eigenvalue weighted by atomic mass is 16.5. The summed E-state index contributed by atoms with van der Waals surface area (Å²) in [5.41, 5.74) is 6.35. The molecule has 0 heterocycles. The van der Waals surface area contributed by atoms with Crippen LogP contribution in [0, 0.1) is 0 Å². The number of nitrogen functional groups attached to an aromatic ring is 1. The fourth-order valence-electron chi connectivity index (χ4n) is 2.36. The van der Waals surface area contributed by atoms with Crippen molar-refractivity contribution in [3.63, 3.8) is 0 Å². The molecule has 0 aliphatic heterocycles. The van der Waals surface area contributed by atoms with Crippen LogP contribution in [0.5, 0.6) is 5.75 Å². The van der Waals surface area contributed by atoms with Crippen molar-refractivity contribution < 1.29 is 9.53 Å². The fourth-order valence-corrected chi connectivity index (χ4v) is 2.36. The van der Waals surface area contributed by atoms with Gasteiger partial charge in [0.2, 0.25) is 5.91 Å². The summed E-state index contributed by atoms with van der Waals surface area (Å²) in [5.74, 6) is 0.822. The number of benzene rings is 1. The third-order valence-electron chi connectivity index (χ3n) is 3.27. The first kappa shape index (κ1) is 17.3. The largest absolute Gasteiger partial charge is 0.493 e. The van der Waals surface area contributed by atoms with Gasteiger partial charge in [-0.2, -0.15) is 0 Å². The summed E-state index contributed by atoms with van der Waals surface area (Å²) >= 11 is 0. The molecule has 0 saturated carbocycles. The van der Waals surface area contributed by atoms with E-state index in [9.17, 15) is 4.79 Å². The number of nitrogens with zero attached hydrogens (tertiary/aromatic N) is 2. The molecule has 0 bridgehead atoms. The number of rotatable bonds is 8. The Kier molecular flexibility index (Phi) is 7.02. The van der Waals surface area contributed by atoms with E-state index in [0.717, 1.165) is 6.54 Å². The molecule has 1 aromatic rings. The molecule has 0 aliphatic rings. The van der Waals surface area contributed by atoms with Gasteiger partial charge in [-0.1, -0.05) is 6.07 Å². The van der Waals surface area contributed by atoms with Gasteiger partial charge in [-0.25, -0.2) is 0 Å². The Bertz CT molecular complexity index is 449. The molecule has 0 fully saturated rings. The second kappa shape index (κ2) is 8.52. The van der Waals surface area contributed by atoms with Crippen molar-refractivity contribution in [2.24, 2.45) is 0 Å². The first-order valence-electron chi connectivity index (χ1n) is 7.36. The highest BCUT2D eigenvalue weighted by molar-refractivity contribution is 5.76. The second-order valence-corrected chi connectivity index (χ2v) is 5.46. The molecule has 0 saturated heterocycles. The van der Waals surface area contributed by atoms with E-state index in [4.69, 9.17) is 10.5 Å². The zero-order valence-corrected chi connectivity index (χ0v) is 13.5. The van der Waals surface area contributed by atoms with Crippen molar-refractivity contribution in [1.82, 2.24) is 9.80 Å². The third-order valence-corrected chi connectivity index (χ3v) is 3.27. The summed E-state index contributed by atoms with van der Waals surface area (Å²) in [6, 6.07) is 7.44. The zero-order chi connectivity index (χ0) is 15.8. The normalized spacial score (nSPS) is 12.2. The third kappa shape index (κ3) is 6.04. The number of carbonyl (C=O) groups is 1. The van der Waals surface area contributed by atoms with Gasteiger partial charge >= 0.3 is 0 Å². The number of ether oxygens (including phenoxy) is 1. The molecule has 21 heavy (non-hydrogen) atoms. The molecule has 1 unspecified atom stereocenters. The van der Waals surface area contributed by atoms with Crippen LogP contribution in [0.25, 0.3) is 0 Å². The fraction of sp³-hybridized carbons (Fsp3) is 0.562. The Balaban J connectivity index is 2.44. The maximum atomic E-state index is 12.3. The molecule has 5 nitrogen and oxygen atoms in total. The number of likely N-dealkylation sites (N-methyl/N-ethyl adjacent to an activating group) is 2. The molecule has 2 N–H and O–H groups in total. The minimum Gasteiger partial charge on any atom is -0.493 e. The Morgan fingerprint density at radius 1 is 1.38 bits per heavy atom. The SMILES string of the molecule is CCN(C(=O)CCOc1cccc(N)c1)C(C)CN(C)C. The van der Waals surface area contributed by atoms with Gasteiger partial charge in [-0.3, -0.25) is 4.79 Å². The van der Waals surface area contributed by atoms with Gasteiger partial charge in [0, 0.05) is 30.9 Å². The van der Waals surface area contributed by atoms with Crippen LogP contribution in [0.1, 0.15) is 20.3 Å². The average Bonchev–Trinajstić information content (AvgIpc) is 2.38. The summed E-state index contributed by atoms with van der Waals surface area (Å²) in [6.45, 7) is 6.01. The predicted octanol–water partition coefficient (Wildman–Crippen LogP) is 1.84. The van der Waals surface area contributed by atoms with E-state index in [1.54, 1.807) is 12.1 Å². The molecule has 1 amide bonds. The molecule has 1 rings (SSSR count). The van der Waals surface area contributed by atoms with Crippen molar-refractivity contribution in [3.05, 3.63) is 24.3 Å². The summed E-state index contributed by atoms with van der Waals surface area (Å²) in [6.07, 6.45) is 0.375. The standard InChI is InChI=1S/C16H27N3O2/c1-5-19(13(2)12-18(3)4)16(20)9-10-21-15-8-6-7-14(17)11-15/h6-8,11,13H,5,9-10,12,17H2,1-4H3. The summed E-state index contributed by atoms with van der Waals surface area (Å²) in [4.78, 5) is 16.2. The van der Waals surface area contributed by atoms with E-state index in [2.05, 4.69) is 11.8 Å². The molecule has 0 radical (unpaired) electrons. The number of nitrogens with two attached hydrogens (primary N) is 1. The van der Waals surface area contributed by atoms with Gasteiger partial charge in [0.25, 0.3) is 0 Å². The Morgan fingerprint density at radius 3 is 2.67 bits per heavy atom. The molecule has 1 aromatic carbocycles. The van der Waals surface area contributed by atoms with Gasteiger partial charge in [0.05, 0.1) is 13.0 Å². The smallest absolute Gasteiger partial charge is 0.226 e. The number of anilines is 1. The molecule has 0 aromatic heterocycles. The Labute approximate surface area is 127 Å². The molecule has 5 heteroatoms. The first-order valence-corrected chi connectivity index (χ1v) is 7.36. The topological polar surface area (TPSA) is 58.8 Å². The lowest BCUT2D eigenvalue weighted by molar-refractivity contribution is -0.133. The number of hydrogen-bond acceptors (Lipinski definition) is 4. The lowest BCUT2D eigenvalue weighted by Crippen LogP contribution is -2.44. The van der Waals surface area contributed by atoms with Crippen molar-refractivity contribution >= 4 is 11.6 Å². The maximum Gasteiger partial charge on any atom is 0.226 e. The molecule has 0 spiro atoms. The molecular weight excluding hydrogens is 266 g/mol. The highest BCUT2D eigenvalue weighted by Gasteiger charge is 2.18. The van der Waals surface area contributed by atoms with E-state index in [1.165, 1.54) is 0 Å². The van der Waals surface area contributed by atoms with Gasteiger partial charge in [-0.05, 0) is 40.1 Å². The van der Waals surface area contributed by atoms with Crippen LogP contribution in [-0.2, 0) is 4.79 Å². The lowest BCUT2D eigenvalue weighted by Gasteiger charge is -2.30. The number of carbonyl (C=O) groups excluding carboxylic acids is 1. The van der Waals surface area contributed by atoms with Gasteiger partial charge < -0.3 is 20.3 Å². The molecule has 0 aliphatic carbocycles. The van der Waals surface area contributed by atoms with Gasteiger partial charge in [-0.15, -0.1) is 0 Å². The van der Waals surface area contributed by atoms with Crippen molar-refractivity contribution in [3.8, 4) is 5.75 Å². The number of hydrogen-bond donors (Lipinski definition) is 1. The van der Waals surface area contributed by atoms with Crippen LogP contribution in [0.15, 0.2) is 24.3 Å². The van der Waals surface area contributed by atoms with Crippen molar-refractivity contribution in [2.75, 3.05) is 39.5 Å². The molecule has 1 atom stereocenters. The monoisotopic (exact) mass is 293 g/mol. The van der Waals surface area contributed by atoms with Crippen LogP contribution < -0.4 is 10.5 Å². The quantitative estimate of drug-likeness (QED) is 0.743. The predicted molar refractivity (Wildman–Crippen MR) is 86.4 cm³/mol. The Morgan fingerprint density at radius 2 is 2.10 bits per heavy atom. The van der Waals surface area contributed by atoms with E-state index >= 15 is 0 Å². The van der Waals surface area contributed by atoms with Crippen LogP contribution >= 0.6 is 0 Å². The zero-order valence-electron chi connectivity index (χ0n) is 13.5. The highest BCUT2D eigenvalue weighted by Crippen LogP contribution is 2.14. The van der Waals surface area contributed by atoms with Crippen molar-refractivity contribution in [2.45, 2.75) is 26.3 Å². The summed E-state index contributed by atoms with van der Waals surface area (Å²) < 4.78 is 5.58. The molecule has 118 valence electrons. The van der Waals surface area contributed by atoms with Crippen molar-refractivity contribution in [1.29, 1.82) is 0 Å². The van der Waals surface area contributed by atoms with Crippen LogP contribution in [-0.4, -0.2) is 55.5 Å². The number of amides is 1. The van der Waals surface area contributed by atoms with Crippen LogP contribution in [0.3, 0.4) is 0 Å². The average molecular weight is 293 g/mol. The van der Waals surface area contributed by atoms with Gasteiger partial charge in [0.1, 0.15) is 5.75 Å².